The molecule has 1 atom stereocenters. The van der Waals surface area contributed by atoms with E-state index in [0.717, 1.165) is 11.1 Å². The van der Waals surface area contributed by atoms with Gasteiger partial charge in [0.2, 0.25) is 15.9 Å². The predicted molar refractivity (Wildman–Crippen MR) is 104 cm³/mol. The lowest BCUT2D eigenvalue weighted by Crippen LogP contribution is -2.43. The van der Waals surface area contributed by atoms with Crippen LogP contribution in [0.1, 0.15) is 36.6 Å². The number of carbonyl (C=O) groups excluding carboxylic acids is 1. The molecule has 0 fully saturated rings. The molecule has 2 aromatic rings. The number of sulfonamides is 1. The Bertz CT molecular complexity index is 831. The molecule has 0 aliphatic heterocycles. The molecule has 0 spiro atoms. The largest absolute Gasteiger partial charge is 0.342 e. The van der Waals surface area contributed by atoms with E-state index >= 15 is 0 Å². The van der Waals surface area contributed by atoms with E-state index in [0.29, 0.717) is 18.7 Å². The van der Waals surface area contributed by atoms with Crippen LogP contribution in [0.5, 0.6) is 0 Å². The second-order valence-electron chi connectivity index (χ2n) is 6.16. The molecular weight excluding hydrogens is 348 g/mol. The topological polar surface area (TPSA) is 66.5 Å². The lowest BCUT2D eigenvalue weighted by molar-refractivity contribution is -0.132. The second-order valence-corrected chi connectivity index (χ2v) is 7.91. The van der Waals surface area contributed by atoms with Crippen LogP contribution in [0.25, 0.3) is 0 Å². The average molecular weight is 375 g/mol. The summed E-state index contributed by atoms with van der Waals surface area (Å²) < 4.78 is 28.1. The standard InChI is InChI=1S/C20H26N2O3S/c1-4-22(5-2)20(23)19(17-12-7-6-8-13-17)21-26(24,25)15-18-14-10-9-11-16(18)3/h6-14,19,21H,4-5,15H2,1-3H3/t19-/m0/s1. The molecule has 1 amide bonds. The third-order valence-corrected chi connectivity index (χ3v) is 5.65. The van der Waals surface area contributed by atoms with Crippen LogP contribution < -0.4 is 4.72 Å². The summed E-state index contributed by atoms with van der Waals surface area (Å²) in [5, 5.41) is 0. The number of rotatable bonds is 8. The maximum Gasteiger partial charge on any atom is 0.245 e. The van der Waals surface area contributed by atoms with Gasteiger partial charge in [-0.15, -0.1) is 0 Å². The third-order valence-electron chi connectivity index (χ3n) is 4.36. The van der Waals surface area contributed by atoms with Crippen LogP contribution in [-0.4, -0.2) is 32.3 Å². The van der Waals surface area contributed by atoms with E-state index in [4.69, 9.17) is 0 Å². The van der Waals surface area contributed by atoms with Gasteiger partial charge in [-0.3, -0.25) is 4.79 Å². The van der Waals surface area contributed by atoms with Crippen LogP contribution in [0.15, 0.2) is 54.6 Å². The van der Waals surface area contributed by atoms with Crippen molar-refractivity contribution in [2.75, 3.05) is 13.1 Å². The molecule has 6 heteroatoms. The molecule has 0 unspecified atom stereocenters. The summed E-state index contributed by atoms with van der Waals surface area (Å²) in [4.78, 5) is 14.5. The summed E-state index contributed by atoms with van der Waals surface area (Å²) in [5.74, 6) is -0.399. The Morgan fingerprint density at radius 3 is 2.15 bits per heavy atom. The van der Waals surface area contributed by atoms with E-state index in [1.807, 2.05) is 45.0 Å². The van der Waals surface area contributed by atoms with Crippen LogP contribution >= 0.6 is 0 Å². The monoisotopic (exact) mass is 374 g/mol. The third kappa shape index (κ3) is 5.16. The molecule has 2 rings (SSSR count). The van der Waals surface area contributed by atoms with Crippen LogP contribution in [0.2, 0.25) is 0 Å². The van der Waals surface area contributed by atoms with Gasteiger partial charge < -0.3 is 4.90 Å². The molecule has 5 nitrogen and oxygen atoms in total. The normalized spacial score (nSPS) is 12.6. The van der Waals surface area contributed by atoms with E-state index in [9.17, 15) is 13.2 Å². The first-order chi connectivity index (χ1) is 12.4. The molecule has 0 aliphatic rings. The Morgan fingerprint density at radius 1 is 1.00 bits per heavy atom. The number of aryl methyl sites for hydroxylation is 1. The van der Waals surface area contributed by atoms with Crippen molar-refractivity contribution in [2.24, 2.45) is 0 Å². The van der Waals surface area contributed by atoms with Gasteiger partial charge in [-0.1, -0.05) is 54.6 Å². The fourth-order valence-corrected chi connectivity index (χ4v) is 4.24. The summed E-state index contributed by atoms with van der Waals surface area (Å²) in [5.41, 5.74) is 2.27. The smallest absolute Gasteiger partial charge is 0.245 e. The minimum Gasteiger partial charge on any atom is -0.342 e. The van der Waals surface area contributed by atoms with Crippen molar-refractivity contribution < 1.29 is 13.2 Å². The number of nitrogens with one attached hydrogen (secondary N) is 1. The van der Waals surface area contributed by atoms with Crippen LogP contribution in [0.4, 0.5) is 0 Å². The van der Waals surface area contributed by atoms with Gasteiger partial charge in [-0.05, 0) is 37.5 Å². The number of benzene rings is 2. The molecule has 26 heavy (non-hydrogen) atoms. The van der Waals surface area contributed by atoms with Gasteiger partial charge in [0.1, 0.15) is 6.04 Å². The zero-order chi connectivity index (χ0) is 19.2. The van der Waals surface area contributed by atoms with E-state index in [-0.39, 0.29) is 11.7 Å². The highest BCUT2D eigenvalue weighted by molar-refractivity contribution is 7.88. The van der Waals surface area contributed by atoms with Crippen molar-refractivity contribution in [3.8, 4) is 0 Å². The number of nitrogens with zero attached hydrogens (tertiary/aromatic N) is 1. The van der Waals surface area contributed by atoms with E-state index in [1.54, 1.807) is 35.2 Å². The van der Waals surface area contributed by atoms with E-state index in [2.05, 4.69) is 4.72 Å². The lowest BCUT2D eigenvalue weighted by Gasteiger charge is -2.26. The molecule has 2 aromatic carbocycles. The zero-order valence-corrected chi connectivity index (χ0v) is 16.3. The fourth-order valence-electron chi connectivity index (χ4n) is 2.82. The second kappa shape index (κ2) is 8.96. The molecule has 140 valence electrons. The highest BCUT2D eigenvalue weighted by Gasteiger charge is 2.29. The Balaban J connectivity index is 2.31. The average Bonchev–Trinajstić information content (AvgIpc) is 2.63. The molecule has 0 saturated heterocycles. The Kier molecular flexibility index (Phi) is 6.94. The first kappa shape index (κ1) is 20.1. The molecule has 0 radical (unpaired) electrons. The van der Waals surface area contributed by atoms with Gasteiger partial charge in [0.05, 0.1) is 5.75 Å². The van der Waals surface area contributed by atoms with Crippen LogP contribution in [0, 0.1) is 6.92 Å². The molecule has 0 saturated carbocycles. The summed E-state index contributed by atoms with van der Waals surface area (Å²) in [6, 6.07) is 15.4. The van der Waals surface area contributed by atoms with Gasteiger partial charge in [0, 0.05) is 13.1 Å². The van der Waals surface area contributed by atoms with Crippen molar-refractivity contribution in [2.45, 2.75) is 32.6 Å². The quantitative estimate of drug-likeness (QED) is 0.772. The van der Waals surface area contributed by atoms with Gasteiger partial charge in [-0.2, -0.15) is 4.72 Å². The molecule has 0 aromatic heterocycles. The van der Waals surface area contributed by atoms with Crippen molar-refractivity contribution in [3.05, 3.63) is 71.3 Å². The maximum atomic E-state index is 12.9. The molecule has 0 bridgehead atoms. The molecule has 0 aliphatic carbocycles. The predicted octanol–water partition coefficient (Wildman–Crippen LogP) is 3.02. The fraction of sp³-hybridized carbons (Fsp3) is 0.350. The SMILES string of the molecule is CCN(CC)C(=O)[C@@H](NS(=O)(=O)Cc1ccccc1C)c1ccccc1. The number of likely N-dealkylation sites (N-methyl/N-ethyl adjacent to an activating group) is 1. The summed E-state index contributed by atoms with van der Waals surface area (Å²) in [7, 11) is -3.70. The number of amides is 1. The Labute approximate surface area is 156 Å². The van der Waals surface area contributed by atoms with Crippen molar-refractivity contribution in [1.29, 1.82) is 0 Å². The van der Waals surface area contributed by atoms with Crippen molar-refractivity contribution >= 4 is 15.9 Å². The zero-order valence-electron chi connectivity index (χ0n) is 15.5. The Morgan fingerprint density at radius 2 is 1.58 bits per heavy atom. The summed E-state index contributed by atoms with van der Waals surface area (Å²) in [6.07, 6.45) is 0. The Hall–Kier alpha value is -2.18. The number of hydrogen-bond donors (Lipinski definition) is 1. The lowest BCUT2D eigenvalue weighted by atomic mass is 10.1. The first-order valence-electron chi connectivity index (χ1n) is 8.76. The number of hydrogen-bond acceptors (Lipinski definition) is 3. The molecule has 0 heterocycles. The minimum absolute atomic E-state index is 0.158. The van der Waals surface area contributed by atoms with Crippen LogP contribution in [-0.2, 0) is 20.6 Å². The highest BCUT2D eigenvalue weighted by atomic mass is 32.2. The van der Waals surface area contributed by atoms with E-state index in [1.165, 1.54) is 0 Å². The van der Waals surface area contributed by atoms with Gasteiger partial charge in [-0.25, -0.2) is 8.42 Å². The highest BCUT2D eigenvalue weighted by Crippen LogP contribution is 2.19. The van der Waals surface area contributed by atoms with Crippen molar-refractivity contribution in [1.82, 2.24) is 9.62 Å². The maximum absolute atomic E-state index is 12.9. The summed E-state index contributed by atoms with van der Waals surface area (Å²) in [6.45, 7) is 6.69. The van der Waals surface area contributed by atoms with Gasteiger partial charge >= 0.3 is 0 Å². The van der Waals surface area contributed by atoms with Crippen molar-refractivity contribution in [3.63, 3.8) is 0 Å². The molecular formula is C20H26N2O3S. The van der Waals surface area contributed by atoms with E-state index < -0.39 is 16.1 Å². The van der Waals surface area contributed by atoms with Crippen LogP contribution in [0.3, 0.4) is 0 Å². The minimum atomic E-state index is -3.70. The number of carbonyl (C=O) groups is 1. The first-order valence-corrected chi connectivity index (χ1v) is 10.4. The van der Waals surface area contributed by atoms with Gasteiger partial charge in [0.15, 0.2) is 0 Å². The van der Waals surface area contributed by atoms with Gasteiger partial charge in [0.25, 0.3) is 0 Å². The molecule has 1 N–H and O–H groups in total. The summed E-state index contributed by atoms with van der Waals surface area (Å²) >= 11 is 0.